The van der Waals surface area contributed by atoms with E-state index in [1.54, 1.807) is 21.9 Å². The SMILES string of the molecule is N#Cc1ccc(CCCC(=O)[C@@H]2CCCN2c2cc(N3CCC(CCNS(=O)(=O)CCNc4ncc(C(=O)O)cn4)CC3)nc(C(F)(F)F)n2)cc1. The Morgan fingerprint density at radius 2 is 1.69 bits per heavy atom. The highest BCUT2D eigenvalue weighted by atomic mass is 32.2. The number of carboxylic acid groups (broad SMARTS) is 1. The third-order valence-corrected chi connectivity index (χ3v) is 10.6. The summed E-state index contributed by atoms with van der Waals surface area (Å²) < 4.78 is 69.5. The van der Waals surface area contributed by atoms with E-state index in [0.717, 1.165) is 18.0 Å². The molecule has 0 bridgehead atoms. The molecule has 0 spiro atoms. The molecule has 5 rings (SSSR count). The monoisotopic (exact) mass is 743 g/mol. The van der Waals surface area contributed by atoms with Gasteiger partial charge >= 0.3 is 12.1 Å². The Morgan fingerprint density at radius 3 is 2.35 bits per heavy atom. The minimum Gasteiger partial charge on any atom is -0.478 e. The molecule has 14 nitrogen and oxygen atoms in total. The van der Waals surface area contributed by atoms with Gasteiger partial charge in [-0.1, -0.05) is 12.1 Å². The second-order valence-electron chi connectivity index (χ2n) is 12.8. The zero-order chi connectivity index (χ0) is 37.3. The maximum atomic E-state index is 14.0. The lowest BCUT2D eigenvalue weighted by Crippen LogP contribution is -2.39. The van der Waals surface area contributed by atoms with Crippen LogP contribution in [0.25, 0.3) is 0 Å². The van der Waals surface area contributed by atoms with Crippen LogP contribution < -0.4 is 19.8 Å². The van der Waals surface area contributed by atoms with E-state index in [9.17, 15) is 31.2 Å². The quantitative estimate of drug-likeness (QED) is 0.190. The average Bonchev–Trinajstić information content (AvgIpc) is 3.62. The van der Waals surface area contributed by atoms with Crippen molar-refractivity contribution in [2.75, 3.05) is 53.6 Å². The fourth-order valence-electron chi connectivity index (χ4n) is 6.38. The van der Waals surface area contributed by atoms with Crippen LogP contribution >= 0.6 is 0 Å². The number of hydrogen-bond acceptors (Lipinski definition) is 12. The Labute approximate surface area is 299 Å². The molecule has 0 aliphatic carbocycles. The standard InChI is InChI=1S/C34H40F3N9O5S/c35-34(36,37)32-43-29(19-30(44-32)46-15-2-4-27(46)28(47)5-1-3-23-6-8-25(20-38)9-7-23)45-16-11-24(12-17-45)10-13-42-52(50,51)18-14-39-33-40-21-26(22-41-33)31(48)49/h6-9,19,21-22,24,27,42H,1-5,10-18H2,(H,48,49)(H,39,40,41)/t27-/m0/s1. The first-order chi connectivity index (χ1) is 24.8. The number of ketones is 1. The number of nitriles is 1. The molecule has 1 atom stereocenters. The maximum Gasteiger partial charge on any atom is 0.451 e. The van der Waals surface area contributed by atoms with E-state index in [4.69, 9.17) is 10.4 Å². The fraction of sp³-hybridized carbons (Fsp3) is 0.500. The third kappa shape index (κ3) is 10.6. The van der Waals surface area contributed by atoms with Gasteiger partial charge in [-0.25, -0.2) is 37.9 Å². The van der Waals surface area contributed by atoms with Crippen LogP contribution in [0.15, 0.2) is 42.7 Å². The van der Waals surface area contributed by atoms with Crippen molar-refractivity contribution in [2.45, 2.75) is 63.6 Å². The number of carbonyl (C=O) groups excluding carboxylic acids is 1. The van der Waals surface area contributed by atoms with Crippen LogP contribution in [0.3, 0.4) is 0 Å². The second-order valence-corrected chi connectivity index (χ2v) is 14.8. The number of sulfonamides is 1. The predicted octanol–water partition coefficient (Wildman–Crippen LogP) is 4.05. The summed E-state index contributed by atoms with van der Waals surface area (Å²) in [6, 6.07) is 10.2. The number of aryl methyl sites for hydroxylation is 1. The third-order valence-electron chi connectivity index (χ3n) is 9.21. The molecular weight excluding hydrogens is 703 g/mol. The number of carbonyl (C=O) groups is 2. The summed E-state index contributed by atoms with van der Waals surface area (Å²) in [6.07, 6.45) is 1.90. The van der Waals surface area contributed by atoms with E-state index in [1.165, 1.54) is 6.07 Å². The number of piperidine rings is 1. The highest BCUT2D eigenvalue weighted by Gasteiger charge is 2.38. The number of aromatic nitrogens is 4. The average molecular weight is 744 g/mol. The summed E-state index contributed by atoms with van der Waals surface area (Å²) in [6.45, 7) is 1.46. The summed E-state index contributed by atoms with van der Waals surface area (Å²) >= 11 is 0. The number of hydrogen-bond donors (Lipinski definition) is 3. The molecule has 4 heterocycles. The van der Waals surface area contributed by atoms with Crippen molar-refractivity contribution in [3.05, 3.63) is 65.2 Å². The number of anilines is 3. The highest BCUT2D eigenvalue weighted by molar-refractivity contribution is 7.89. The van der Waals surface area contributed by atoms with E-state index in [1.807, 2.05) is 12.1 Å². The molecule has 18 heteroatoms. The van der Waals surface area contributed by atoms with E-state index in [2.05, 4.69) is 36.0 Å². The lowest BCUT2D eigenvalue weighted by Gasteiger charge is -2.34. The summed E-state index contributed by atoms with van der Waals surface area (Å²) in [5.74, 6) is -2.26. The summed E-state index contributed by atoms with van der Waals surface area (Å²) in [4.78, 5) is 43.1. The minimum atomic E-state index is -4.78. The molecule has 0 radical (unpaired) electrons. The van der Waals surface area contributed by atoms with E-state index >= 15 is 0 Å². The molecule has 2 aliphatic rings. The topological polar surface area (TPSA) is 194 Å². The number of aromatic carboxylic acids is 1. The van der Waals surface area contributed by atoms with Gasteiger partial charge in [-0.2, -0.15) is 18.4 Å². The molecule has 52 heavy (non-hydrogen) atoms. The van der Waals surface area contributed by atoms with E-state index in [0.29, 0.717) is 70.1 Å². The van der Waals surface area contributed by atoms with Gasteiger partial charge in [-0.15, -0.1) is 0 Å². The van der Waals surface area contributed by atoms with Crippen molar-refractivity contribution in [2.24, 2.45) is 5.92 Å². The highest BCUT2D eigenvalue weighted by Crippen LogP contribution is 2.34. The van der Waals surface area contributed by atoms with E-state index in [-0.39, 0.29) is 60.1 Å². The van der Waals surface area contributed by atoms with Crippen molar-refractivity contribution < 1.29 is 36.3 Å². The summed E-state index contributed by atoms with van der Waals surface area (Å²) in [7, 11) is -3.63. The molecule has 3 N–H and O–H groups in total. The van der Waals surface area contributed by atoms with Crippen LogP contribution in [0.5, 0.6) is 0 Å². The van der Waals surface area contributed by atoms with Crippen LogP contribution in [0.1, 0.15) is 72.3 Å². The van der Waals surface area contributed by atoms with Crippen molar-refractivity contribution in [3.8, 4) is 6.07 Å². The molecule has 0 saturated carbocycles. The molecule has 0 amide bonds. The zero-order valence-corrected chi connectivity index (χ0v) is 29.2. The molecule has 2 fully saturated rings. The first kappa shape index (κ1) is 38.3. The zero-order valence-electron chi connectivity index (χ0n) is 28.3. The van der Waals surface area contributed by atoms with Crippen LogP contribution in [0.4, 0.5) is 30.8 Å². The van der Waals surface area contributed by atoms with Crippen LogP contribution in [-0.4, -0.2) is 89.7 Å². The van der Waals surface area contributed by atoms with Gasteiger partial charge in [0.2, 0.25) is 21.8 Å². The first-order valence-corrected chi connectivity index (χ1v) is 18.7. The summed E-state index contributed by atoms with van der Waals surface area (Å²) in [5, 5.41) is 20.6. The Balaban J connectivity index is 1.12. The molecule has 2 aliphatic heterocycles. The van der Waals surface area contributed by atoms with Crippen LogP contribution in [0.2, 0.25) is 0 Å². The van der Waals surface area contributed by atoms with Gasteiger partial charge in [-0.05, 0) is 68.6 Å². The van der Waals surface area contributed by atoms with E-state index < -0.39 is 34.0 Å². The number of alkyl halides is 3. The Hall–Kier alpha value is -4.89. The molecule has 2 saturated heterocycles. The van der Waals surface area contributed by atoms with Gasteiger partial charge in [0.15, 0.2) is 5.78 Å². The molecule has 2 aromatic heterocycles. The number of Topliss-reactive ketones (excluding diaryl/α,β-unsaturated/α-hetero) is 1. The van der Waals surface area contributed by atoms with Gasteiger partial charge < -0.3 is 20.2 Å². The van der Waals surface area contributed by atoms with Gasteiger partial charge in [0.1, 0.15) is 11.6 Å². The van der Waals surface area contributed by atoms with Crippen LogP contribution in [-0.2, 0) is 27.4 Å². The minimum absolute atomic E-state index is 0.00714. The lowest BCUT2D eigenvalue weighted by atomic mass is 9.93. The Kier molecular flexibility index (Phi) is 12.6. The van der Waals surface area contributed by atoms with Gasteiger partial charge in [0.25, 0.3) is 0 Å². The molecule has 1 aromatic carbocycles. The van der Waals surface area contributed by atoms with Gasteiger partial charge in [-0.3, -0.25) is 4.79 Å². The van der Waals surface area contributed by atoms with Gasteiger partial charge in [0.05, 0.1) is 29.0 Å². The molecule has 278 valence electrons. The smallest absolute Gasteiger partial charge is 0.451 e. The number of halogens is 3. The van der Waals surface area contributed by atoms with Crippen molar-refractivity contribution in [3.63, 3.8) is 0 Å². The molecule has 0 unspecified atom stereocenters. The Bertz CT molecular complexity index is 1850. The Morgan fingerprint density at radius 1 is 1.00 bits per heavy atom. The van der Waals surface area contributed by atoms with Crippen LogP contribution in [0, 0.1) is 17.2 Å². The van der Waals surface area contributed by atoms with Crippen molar-refractivity contribution >= 4 is 39.4 Å². The number of carboxylic acids is 1. The molecule has 3 aromatic rings. The van der Waals surface area contributed by atoms with Gasteiger partial charge in [0, 0.05) is 57.6 Å². The predicted molar refractivity (Wildman–Crippen MR) is 185 cm³/mol. The first-order valence-electron chi connectivity index (χ1n) is 17.1. The second kappa shape index (κ2) is 17.1. The largest absolute Gasteiger partial charge is 0.478 e. The lowest BCUT2D eigenvalue weighted by molar-refractivity contribution is -0.144. The number of nitrogens with zero attached hydrogens (tertiary/aromatic N) is 7. The fourth-order valence-corrected chi connectivity index (χ4v) is 7.33. The van der Waals surface area contributed by atoms with Crippen molar-refractivity contribution in [1.82, 2.24) is 24.7 Å². The number of nitrogens with one attached hydrogen (secondary N) is 2. The molecular formula is C34H40F3N9O5S. The normalized spacial score (nSPS) is 16.8. The number of rotatable bonds is 16. The summed E-state index contributed by atoms with van der Waals surface area (Å²) in [5.41, 5.74) is 1.46. The van der Waals surface area contributed by atoms with Crippen molar-refractivity contribution in [1.29, 1.82) is 5.26 Å². The number of benzene rings is 1. The maximum absolute atomic E-state index is 14.0.